The van der Waals surface area contributed by atoms with Crippen LogP contribution in [0.5, 0.6) is 0 Å². The minimum absolute atomic E-state index is 0.256. The predicted molar refractivity (Wildman–Crippen MR) is 59.3 cm³/mol. The van der Waals surface area contributed by atoms with Crippen molar-refractivity contribution in [3.8, 4) is 0 Å². The fourth-order valence-corrected chi connectivity index (χ4v) is 1.96. The number of hydrogen-bond acceptors (Lipinski definition) is 4. The summed E-state index contributed by atoms with van der Waals surface area (Å²) in [5.74, 6) is -1.20. The monoisotopic (exact) mass is 246 g/mol. The Morgan fingerprint density at radius 1 is 1.69 bits per heavy atom. The van der Waals surface area contributed by atoms with Crippen LogP contribution in [0.4, 0.5) is 4.79 Å². The van der Waals surface area contributed by atoms with Crippen molar-refractivity contribution in [2.75, 3.05) is 5.75 Å². The second kappa shape index (κ2) is 4.73. The topological polar surface area (TPSA) is 95.5 Å². The van der Waals surface area contributed by atoms with Gasteiger partial charge in [0.2, 0.25) is 5.91 Å². The Bertz CT molecular complexity index is 333. The van der Waals surface area contributed by atoms with E-state index in [1.54, 1.807) is 6.92 Å². The Kier molecular flexibility index (Phi) is 3.79. The lowest BCUT2D eigenvalue weighted by Gasteiger charge is -2.26. The van der Waals surface area contributed by atoms with Gasteiger partial charge in [0.15, 0.2) is 0 Å². The molecule has 2 amide bonds. The molecule has 3 N–H and O–H groups in total. The van der Waals surface area contributed by atoms with E-state index in [0.29, 0.717) is 5.75 Å². The highest BCUT2D eigenvalue weighted by Crippen LogP contribution is 2.15. The first-order valence-corrected chi connectivity index (χ1v) is 5.86. The Balaban J connectivity index is 2.62. The summed E-state index contributed by atoms with van der Waals surface area (Å²) in [4.78, 5) is 33.5. The van der Waals surface area contributed by atoms with E-state index >= 15 is 0 Å². The first-order chi connectivity index (χ1) is 7.39. The van der Waals surface area contributed by atoms with Gasteiger partial charge >= 0.3 is 5.97 Å². The summed E-state index contributed by atoms with van der Waals surface area (Å²) in [6.07, 6.45) is 0.280. The van der Waals surface area contributed by atoms with Gasteiger partial charge in [-0.1, -0.05) is 18.7 Å². The highest BCUT2D eigenvalue weighted by Gasteiger charge is 2.37. The first-order valence-electron chi connectivity index (χ1n) is 4.88. The second-order valence-corrected chi connectivity index (χ2v) is 4.77. The summed E-state index contributed by atoms with van der Waals surface area (Å²) in [5.41, 5.74) is -1.28. The average Bonchev–Trinajstić information content (AvgIpc) is 2.64. The quantitative estimate of drug-likeness (QED) is 0.657. The molecule has 7 heteroatoms. The molecule has 0 bridgehead atoms. The fraction of sp³-hybridized carbons (Fsp3) is 0.667. The van der Waals surface area contributed by atoms with Crippen molar-refractivity contribution in [3.05, 3.63) is 0 Å². The van der Waals surface area contributed by atoms with E-state index in [-0.39, 0.29) is 11.7 Å². The van der Waals surface area contributed by atoms with Crippen LogP contribution < -0.4 is 10.6 Å². The van der Waals surface area contributed by atoms with Gasteiger partial charge < -0.3 is 15.7 Å². The van der Waals surface area contributed by atoms with Crippen LogP contribution in [0.25, 0.3) is 0 Å². The number of carboxylic acid groups (broad SMARTS) is 1. The van der Waals surface area contributed by atoms with Crippen LogP contribution in [0.3, 0.4) is 0 Å². The number of carboxylic acids is 1. The van der Waals surface area contributed by atoms with Crippen molar-refractivity contribution in [1.29, 1.82) is 0 Å². The van der Waals surface area contributed by atoms with Gasteiger partial charge in [0, 0.05) is 5.75 Å². The summed E-state index contributed by atoms with van der Waals surface area (Å²) in [7, 11) is 0. The molecule has 2 unspecified atom stereocenters. The maximum absolute atomic E-state index is 11.7. The molecule has 0 aliphatic carbocycles. The molecule has 0 aromatic carbocycles. The Morgan fingerprint density at radius 2 is 2.31 bits per heavy atom. The molecule has 1 heterocycles. The zero-order valence-corrected chi connectivity index (χ0v) is 9.89. The maximum atomic E-state index is 11.7. The largest absolute Gasteiger partial charge is 0.480 e. The van der Waals surface area contributed by atoms with Gasteiger partial charge in [0.05, 0.1) is 0 Å². The van der Waals surface area contributed by atoms with Crippen molar-refractivity contribution in [1.82, 2.24) is 10.6 Å². The normalized spacial score (nSPS) is 23.4. The number of carbonyl (C=O) groups is 3. The second-order valence-electron chi connectivity index (χ2n) is 3.78. The lowest BCUT2D eigenvalue weighted by atomic mass is 9.99. The molecule has 1 rings (SSSR count). The summed E-state index contributed by atoms with van der Waals surface area (Å²) in [6.45, 7) is 3.12. The Morgan fingerprint density at radius 3 is 2.69 bits per heavy atom. The standard InChI is InChI=1S/C9H14N2O4S/c1-3-9(2,7(13)14)11-6(12)5-4-16-8(15)10-5/h5H,3-4H2,1-2H3,(H,10,15)(H,11,12)(H,13,14). The van der Waals surface area contributed by atoms with Crippen LogP contribution in [-0.2, 0) is 9.59 Å². The maximum Gasteiger partial charge on any atom is 0.329 e. The lowest BCUT2D eigenvalue weighted by Crippen LogP contribution is -2.56. The van der Waals surface area contributed by atoms with E-state index in [9.17, 15) is 14.4 Å². The molecular formula is C9H14N2O4S. The molecular weight excluding hydrogens is 232 g/mol. The van der Waals surface area contributed by atoms with Gasteiger partial charge in [0.25, 0.3) is 5.24 Å². The third-order valence-electron chi connectivity index (χ3n) is 2.57. The number of amides is 2. The van der Waals surface area contributed by atoms with Crippen molar-refractivity contribution in [3.63, 3.8) is 0 Å². The highest BCUT2D eigenvalue weighted by molar-refractivity contribution is 8.14. The van der Waals surface area contributed by atoms with Crippen molar-refractivity contribution in [2.45, 2.75) is 31.8 Å². The third-order valence-corrected chi connectivity index (χ3v) is 3.45. The van der Waals surface area contributed by atoms with E-state index < -0.39 is 23.5 Å². The van der Waals surface area contributed by atoms with Crippen LogP contribution in [0.15, 0.2) is 0 Å². The number of rotatable bonds is 4. The van der Waals surface area contributed by atoms with Crippen molar-refractivity contribution < 1.29 is 19.5 Å². The summed E-state index contributed by atoms with van der Waals surface area (Å²) in [6, 6.07) is -0.636. The number of hydrogen-bond donors (Lipinski definition) is 3. The number of carbonyl (C=O) groups excluding carboxylic acids is 2. The van der Waals surface area contributed by atoms with Gasteiger partial charge in [-0.15, -0.1) is 0 Å². The molecule has 1 aliphatic heterocycles. The van der Waals surface area contributed by atoms with Crippen LogP contribution in [-0.4, -0.2) is 39.6 Å². The predicted octanol–water partition coefficient (Wildman–Crippen LogP) is 0.181. The lowest BCUT2D eigenvalue weighted by molar-refractivity contribution is -0.147. The molecule has 2 atom stereocenters. The van der Waals surface area contributed by atoms with E-state index in [0.717, 1.165) is 11.8 Å². The molecule has 0 aromatic rings. The third kappa shape index (κ3) is 2.66. The fourth-order valence-electron chi connectivity index (χ4n) is 1.18. The van der Waals surface area contributed by atoms with Crippen LogP contribution in [0.2, 0.25) is 0 Å². The van der Waals surface area contributed by atoms with Crippen molar-refractivity contribution in [2.24, 2.45) is 0 Å². The van der Waals surface area contributed by atoms with Crippen molar-refractivity contribution >= 4 is 28.9 Å². The van der Waals surface area contributed by atoms with Gasteiger partial charge in [-0.2, -0.15) is 0 Å². The summed E-state index contributed by atoms with van der Waals surface area (Å²) >= 11 is 1.02. The summed E-state index contributed by atoms with van der Waals surface area (Å²) in [5, 5.41) is 13.6. The molecule has 1 fully saturated rings. The molecule has 1 aliphatic rings. The van der Waals surface area contributed by atoms with Gasteiger partial charge in [-0.3, -0.25) is 9.59 Å². The molecule has 0 radical (unpaired) electrons. The zero-order valence-electron chi connectivity index (χ0n) is 9.07. The minimum Gasteiger partial charge on any atom is -0.480 e. The van der Waals surface area contributed by atoms with E-state index in [1.807, 2.05) is 0 Å². The van der Waals surface area contributed by atoms with Crippen LogP contribution in [0, 0.1) is 0 Å². The molecule has 6 nitrogen and oxygen atoms in total. The van der Waals surface area contributed by atoms with Gasteiger partial charge in [-0.05, 0) is 13.3 Å². The minimum atomic E-state index is -1.28. The molecule has 1 saturated heterocycles. The molecule has 90 valence electrons. The SMILES string of the molecule is CCC(C)(NC(=O)C1CSC(=O)N1)C(=O)O. The highest BCUT2D eigenvalue weighted by atomic mass is 32.2. The molecule has 0 aromatic heterocycles. The van der Waals surface area contributed by atoms with Gasteiger partial charge in [0.1, 0.15) is 11.6 Å². The molecule has 0 saturated carbocycles. The molecule has 16 heavy (non-hydrogen) atoms. The number of aliphatic carboxylic acids is 1. The van der Waals surface area contributed by atoms with E-state index in [4.69, 9.17) is 5.11 Å². The van der Waals surface area contributed by atoms with E-state index in [2.05, 4.69) is 10.6 Å². The number of thioether (sulfide) groups is 1. The average molecular weight is 246 g/mol. The Hall–Kier alpha value is -1.24. The Labute approximate surface area is 97.2 Å². The van der Waals surface area contributed by atoms with Gasteiger partial charge in [-0.25, -0.2) is 4.79 Å². The smallest absolute Gasteiger partial charge is 0.329 e. The van der Waals surface area contributed by atoms with E-state index in [1.165, 1.54) is 6.92 Å². The first kappa shape index (κ1) is 12.8. The van der Waals surface area contributed by atoms with Crippen LogP contribution in [0.1, 0.15) is 20.3 Å². The summed E-state index contributed by atoms with van der Waals surface area (Å²) < 4.78 is 0. The number of nitrogens with one attached hydrogen (secondary N) is 2. The molecule has 0 spiro atoms. The zero-order chi connectivity index (χ0) is 12.3. The van der Waals surface area contributed by atoms with Crippen LogP contribution >= 0.6 is 11.8 Å².